The Labute approximate surface area is 160 Å². The molecule has 0 spiro atoms. The quantitative estimate of drug-likeness (QED) is 0.465. The summed E-state index contributed by atoms with van der Waals surface area (Å²) in [5.41, 5.74) is 1.69. The third-order valence-electron chi connectivity index (χ3n) is 4.02. The van der Waals surface area contributed by atoms with Gasteiger partial charge in [-0.25, -0.2) is 4.98 Å². The summed E-state index contributed by atoms with van der Waals surface area (Å²) < 4.78 is 10.7. The SMILES string of the molecule is COC(=O)Cc1ccc(Oc2nc(-c3cccs3)nc3ccccc23)cc1. The van der Waals surface area contributed by atoms with E-state index in [2.05, 4.69) is 9.97 Å². The van der Waals surface area contributed by atoms with Crippen molar-refractivity contribution in [2.24, 2.45) is 0 Å². The Balaban J connectivity index is 1.67. The summed E-state index contributed by atoms with van der Waals surface area (Å²) in [6, 6.07) is 19.0. The normalized spacial score (nSPS) is 10.7. The smallest absolute Gasteiger partial charge is 0.309 e. The van der Waals surface area contributed by atoms with Crippen molar-refractivity contribution in [2.75, 3.05) is 7.11 Å². The first-order valence-corrected chi connectivity index (χ1v) is 9.25. The third kappa shape index (κ3) is 3.80. The van der Waals surface area contributed by atoms with Gasteiger partial charge in [-0.1, -0.05) is 30.3 Å². The Morgan fingerprint density at radius 2 is 1.81 bits per heavy atom. The van der Waals surface area contributed by atoms with Gasteiger partial charge in [-0.3, -0.25) is 4.79 Å². The van der Waals surface area contributed by atoms with Crippen molar-refractivity contribution in [3.05, 3.63) is 71.6 Å². The molecule has 0 saturated carbocycles. The summed E-state index contributed by atoms with van der Waals surface area (Å²) in [6.07, 6.45) is 0.232. The molecule has 4 rings (SSSR count). The van der Waals surface area contributed by atoms with E-state index in [1.807, 2.05) is 66.0 Å². The molecular weight excluding hydrogens is 360 g/mol. The van der Waals surface area contributed by atoms with E-state index >= 15 is 0 Å². The van der Waals surface area contributed by atoms with Crippen LogP contribution in [0, 0.1) is 0 Å². The third-order valence-corrected chi connectivity index (χ3v) is 4.89. The number of ether oxygens (including phenoxy) is 2. The number of carbonyl (C=O) groups excluding carboxylic acids is 1. The maximum atomic E-state index is 11.4. The maximum absolute atomic E-state index is 11.4. The number of para-hydroxylation sites is 1. The maximum Gasteiger partial charge on any atom is 0.309 e. The van der Waals surface area contributed by atoms with Crippen LogP contribution in [0.15, 0.2) is 66.0 Å². The monoisotopic (exact) mass is 376 g/mol. The van der Waals surface area contributed by atoms with Gasteiger partial charge in [-0.2, -0.15) is 4.98 Å². The Bertz CT molecular complexity index is 1080. The first kappa shape index (κ1) is 17.2. The van der Waals surface area contributed by atoms with Gasteiger partial charge < -0.3 is 9.47 Å². The van der Waals surface area contributed by atoms with Gasteiger partial charge in [0, 0.05) is 0 Å². The number of hydrogen-bond donors (Lipinski definition) is 0. The predicted molar refractivity (Wildman–Crippen MR) is 105 cm³/mol. The highest BCUT2D eigenvalue weighted by molar-refractivity contribution is 7.13. The molecule has 0 unspecified atom stereocenters. The first-order valence-electron chi connectivity index (χ1n) is 8.37. The zero-order valence-corrected chi connectivity index (χ0v) is 15.4. The fourth-order valence-electron chi connectivity index (χ4n) is 2.67. The van der Waals surface area contributed by atoms with Gasteiger partial charge in [-0.15, -0.1) is 11.3 Å². The lowest BCUT2D eigenvalue weighted by molar-refractivity contribution is -0.139. The second-order valence-corrected chi connectivity index (χ2v) is 6.79. The highest BCUT2D eigenvalue weighted by Crippen LogP contribution is 2.31. The van der Waals surface area contributed by atoms with Crippen LogP contribution < -0.4 is 4.74 Å². The number of hydrogen-bond acceptors (Lipinski definition) is 6. The lowest BCUT2D eigenvalue weighted by Gasteiger charge is -2.10. The molecule has 0 aliphatic heterocycles. The van der Waals surface area contributed by atoms with Gasteiger partial charge in [0.25, 0.3) is 0 Å². The number of esters is 1. The number of thiophene rings is 1. The summed E-state index contributed by atoms with van der Waals surface area (Å²) in [6.45, 7) is 0. The van der Waals surface area contributed by atoms with Gasteiger partial charge >= 0.3 is 5.97 Å². The molecule has 2 aromatic heterocycles. The molecule has 0 saturated heterocycles. The zero-order valence-electron chi connectivity index (χ0n) is 14.6. The molecule has 4 aromatic rings. The van der Waals surface area contributed by atoms with Crippen molar-refractivity contribution < 1.29 is 14.3 Å². The van der Waals surface area contributed by atoms with E-state index in [4.69, 9.17) is 9.47 Å². The molecule has 2 aromatic carbocycles. The lowest BCUT2D eigenvalue weighted by atomic mass is 10.1. The van der Waals surface area contributed by atoms with E-state index in [0.717, 1.165) is 21.3 Å². The second-order valence-electron chi connectivity index (χ2n) is 5.85. The molecule has 134 valence electrons. The zero-order chi connectivity index (χ0) is 18.6. The predicted octanol–water partition coefficient (Wildman–Crippen LogP) is 4.87. The highest BCUT2D eigenvalue weighted by atomic mass is 32.1. The van der Waals surface area contributed by atoms with Crippen LogP contribution in [0.1, 0.15) is 5.56 Å². The molecule has 0 bridgehead atoms. The molecule has 0 fully saturated rings. The molecule has 0 N–H and O–H groups in total. The molecule has 2 heterocycles. The van der Waals surface area contributed by atoms with E-state index < -0.39 is 0 Å². The largest absolute Gasteiger partial charge is 0.469 e. The molecule has 0 radical (unpaired) electrons. The molecule has 27 heavy (non-hydrogen) atoms. The van der Waals surface area contributed by atoms with Gasteiger partial charge in [0.1, 0.15) is 5.75 Å². The van der Waals surface area contributed by atoms with Crippen LogP contribution in [0.25, 0.3) is 21.6 Å². The average Bonchev–Trinajstić information content (AvgIpc) is 3.24. The minimum Gasteiger partial charge on any atom is -0.469 e. The van der Waals surface area contributed by atoms with Crippen molar-refractivity contribution in [3.8, 4) is 22.3 Å². The molecule has 0 amide bonds. The summed E-state index contributed by atoms with van der Waals surface area (Å²) in [7, 11) is 1.38. The van der Waals surface area contributed by atoms with Crippen molar-refractivity contribution in [1.29, 1.82) is 0 Å². The Morgan fingerprint density at radius 3 is 2.56 bits per heavy atom. The molecule has 5 nitrogen and oxygen atoms in total. The average molecular weight is 376 g/mol. The van der Waals surface area contributed by atoms with Crippen LogP contribution in [0.3, 0.4) is 0 Å². The molecule has 0 atom stereocenters. The van der Waals surface area contributed by atoms with Gasteiger partial charge in [-0.05, 0) is 41.3 Å². The fraction of sp³-hybridized carbons (Fsp3) is 0.0952. The summed E-state index contributed by atoms with van der Waals surface area (Å²) in [5, 5.41) is 2.84. The lowest BCUT2D eigenvalue weighted by Crippen LogP contribution is -2.04. The van der Waals surface area contributed by atoms with E-state index in [-0.39, 0.29) is 12.4 Å². The number of methoxy groups -OCH3 is 1. The Morgan fingerprint density at radius 1 is 1.00 bits per heavy atom. The minimum atomic E-state index is -0.272. The molecule has 6 heteroatoms. The number of rotatable bonds is 5. The summed E-state index contributed by atoms with van der Waals surface area (Å²) in [4.78, 5) is 21.6. The topological polar surface area (TPSA) is 61.3 Å². The van der Waals surface area contributed by atoms with E-state index in [1.54, 1.807) is 11.3 Å². The van der Waals surface area contributed by atoms with Crippen LogP contribution >= 0.6 is 11.3 Å². The Kier molecular flexibility index (Phi) is 4.80. The Hall–Kier alpha value is -3.25. The molecule has 0 aliphatic rings. The summed E-state index contributed by atoms with van der Waals surface area (Å²) in [5.74, 6) is 1.52. The van der Waals surface area contributed by atoms with Crippen LogP contribution in [0.5, 0.6) is 11.6 Å². The van der Waals surface area contributed by atoms with Crippen molar-refractivity contribution >= 4 is 28.2 Å². The van der Waals surface area contributed by atoms with Gasteiger partial charge in [0.05, 0.1) is 29.3 Å². The number of carbonyl (C=O) groups is 1. The standard InChI is InChI=1S/C21H16N2O3S/c1-25-19(24)13-14-8-10-15(11-9-14)26-21-16-5-2-3-6-17(16)22-20(23-21)18-7-4-12-27-18/h2-12H,13H2,1H3. The van der Waals surface area contributed by atoms with Crippen molar-refractivity contribution in [3.63, 3.8) is 0 Å². The van der Waals surface area contributed by atoms with Gasteiger partial charge in [0.2, 0.25) is 5.88 Å². The fourth-order valence-corrected chi connectivity index (χ4v) is 3.32. The van der Waals surface area contributed by atoms with Crippen molar-refractivity contribution in [1.82, 2.24) is 9.97 Å². The second kappa shape index (κ2) is 7.55. The number of nitrogens with zero attached hydrogens (tertiary/aromatic N) is 2. The van der Waals surface area contributed by atoms with E-state index in [0.29, 0.717) is 17.5 Å². The van der Waals surface area contributed by atoms with E-state index in [1.165, 1.54) is 7.11 Å². The van der Waals surface area contributed by atoms with Crippen LogP contribution in [0.2, 0.25) is 0 Å². The highest BCUT2D eigenvalue weighted by Gasteiger charge is 2.12. The van der Waals surface area contributed by atoms with Crippen LogP contribution in [0.4, 0.5) is 0 Å². The van der Waals surface area contributed by atoms with Crippen molar-refractivity contribution in [2.45, 2.75) is 6.42 Å². The summed E-state index contributed by atoms with van der Waals surface area (Å²) >= 11 is 1.58. The number of fused-ring (bicyclic) bond motifs is 1. The van der Waals surface area contributed by atoms with E-state index in [9.17, 15) is 4.79 Å². The first-order chi connectivity index (χ1) is 13.2. The van der Waals surface area contributed by atoms with Crippen LogP contribution in [-0.4, -0.2) is 23.0 Å². The minimum absolute atomic E-state index is 0.232. The van der Waals surface area contributed by atoms with Gasteiger partial charge in [0.15, 0.2) is 5.82 Å². The number of benzene rings is 2. The molecule has 0 aliphatic carbocycles. The van der Waals surface area contributed by atoms with Crippen LogP contribution in [-0.2, 0) is 16.0 Å². The number of aromatic nitrogens is 2. The molecular formula is C21H16N2O3S.